The van der Waals surface area contributed by atoms with Gasteiger partial charge in [0, 0.05) is 10.6 Å². The summed E-state index contributed by atoms with van der Waals surface area (Å²) >= 11 is 5.73. The van der Waals surface area contributed by atoms with E-state index in [0.717, 1.165) is 6.26 Å². The molecular weight excluding hydrogens is 236 g/mol. The summed E-state index contributed by atoms with van der Waals surface area (Å²) in [4.78, 5) is 0. The van der Waals surface area contributed by atoms with Gasteiger partial charge in [-0.05, 0) is 17.7 Å². The minimum absolute atomic E-state index is 0.0739. The van der Waals surface area contributed by atoms with Gasteiger partial charge in [0.25, 0.3) is 10.1 Å². The maximum absolute atomic E-state index is 10.8. The van der Waals surface area contributed by atoms with E-state index in [1.165, 1.54) is 0 Å². The third-order valence-corrected chi connectivity index (χ3v) is 2.44. The van der Waals surface area contributed by atoms with Gasteiger partial charge >= 0.3 is 0 Å². The minimum Gasteiger partial charge on any atom is -0.265 e. The summed E-state index contributed by atoms with van der Waals surface area (Å²) in [6, 6.07) is 4.86. The molecule has 0 atom stereocenters. The largest absolute Gasteiger partial charge is 0.265 e. The Labute approximate surface area is 94.1 Å². The summed E-state index contributed by atoms with van der Waals surface area (Å²) < 4.78 is 26.2. The zero-order chi connectivity index (χ0) is 11.5. The van der Waals surface area contributed by atoms with Crippen LogP contribution in [0.25, 0.3) is 0 Å². The number of hydrogen-bond donors (Lipinski definition) is 0. The number of rotatable bonds is 3. The smallest absolute Gasteiger partial charge is 0.264 e. The SMILES string of the molecule is C#Cc1cc(Cl)ccc1COS(C)(=O)=O. The van der Waals surface area contributed by atoms with Gasteiger partial charge in [0.15, 0.2) is 0 Å². The van der Waals surface area contributed by atoms with Crippen LogP contribution in [0.1, 0.15) is 11.1 Å². The van der Waals surface area contributed by atoms with Crippen molar-refractivity contribution in [2.24, 2.45) is 0 Å². The van der Waals surface area contributed by atoms with E-state index in [-0.39, 0.29) is 6.61 Å². The van der Waals surface area contributed by atoms with Gasteiger partial charge in [-0.25, -0.2) is 0 Å². The quantitative estimate of drug-likeness (QED) is 0.602. The van der Waals surface area contributed by atoms with E-state index in [9.17, 15) is 8.42 Å². The summed E-state index contributed by atoms with van der Waals surface area (Å²) in [6.45, 7) is -0.0739. The lowest BCUT2D eigenvalue weighted by atomic mass is 10.1. The van der Waals surface area contributed by atoms with Crippen LogP contribution in [0.2, 0.25) is 5.02 Å². The molecule has 1 aromatic rings. The van der Waals surface area contributed by atoms with Gasteiger partial charge in [-0.1, -0.05) is 23.6 Å². The fourth-order valence-corrected chi connectivity index (χ4v) is 1.49. The topological polar surface area (TPSA) is 43.4 Å². The molecule has 1 aromatic carbocycles. The highest BCUT2D eigenvalue weighted by molar-refractivity contribution is 7.85. The van der Waals surface area contributed by atoms with Gasteiger partial charge in [0.05, 0.1) is 12.9 Å². The van der Waals surface area contributed by atoms with Crippen molar-refractivity contribution >= 4 is 21.7 Å². The van der Waals surface area contributed by atoms with Crippen LogP contribution in [-0.4, -0.2) is 14.7 Å². The third kappa shape index (κ3) is 3.92. The van der Waals surface area contributed by atoms with Crippen LogP contribution in [0.15, 0.2) is 18.2 Å². The lowest BCUT2D eigenvalue weighted by molar-refractivity contribution is 0.311. The number of terminal acetylenes is 1. The molecule has 0 aliphatic rings. The second-order valence-corrected chi connectivity index (χ2v) is 4.99. The number of benzene rings is 1. The molecule has 5 heteroatoms. The van der Waals surface area contributed by atoms with Crippen molar-refractivity contribution < 1.29 is 12.6 Å². The molecule has 1 rings (SSSR count). The van der Waals surface area contributed by atoms with E-state index in [1.54, 1.807) is 18.2 Å². The molecule has 0 aliphatic heterocycles. The molecule has 3 nitrogen and oxygen atoms in total. The Bertz CT molecular complexity index is 500. The van der Waals surface area contributed by atoms with Crippen molar-refractivity contribution in [3.05, 3.63) is 34.3 Å². The van der Waals surface area contributed by atoms with Crippen molar-refractivity contribution in [3.8, 4) is 12.3 Å². The van der Waals surface area contributed by atoms with Crippen LogP contribution in [0, 0.1) is 12.3 Å². The predicted molar refractivity (Wildman–Crippen MR) is 59.0 cm³/mol. The summed E-state index contributed by atoms with van der Waals surface area (Å²) in [5, 5.41) is 0.506. The molecule has 0 radical (unpaired) electrons. The summed E-state index contributed by atoms with van der Waals surface area (Å²) in [7, 11) is -3.46. The molecule has 0 N–H and O–H groups in total. The van der Waals surface area contributed by atoms with Gasteiger partial charge in [0.1, 0.15) is 0 Å². The number of hydrogen-bond acceptors (Lipinski definition) is 3. The Morgan fingerprint density at radius 1 is 1.53 bits per heavy atom. The minimum atomic E-state index is -3.46. The molecule has 80 valence electrons. The highest BCUT2D eigenvalue weighted by Crippen LogP contribution is 2.16. The van der Waals surface area contributed by atoms with E-state index in [1.807, 2.05) is 0 Å². The highest BCUT2D eigenvalue weighted by atomic mass is 35.5. The molecule has 0 saturated heterocycles. The van der Waals surface area contributed by atoms with E-state index >= 15 is 0 Å². The predicted octanol–water partition coefficient (Wildman–Crippen LogP) is 1.80. The molecular formula is C10H9ClO3S. The first-order valence-corrected chi connectivity index (χ1v) is 6.21. The first kappa shape index (κ1) is 12.1. The van der Waals surface area contributed by atoms with Gasteiger partial charge in [-0.15, -0.1) is 6.42 Å². The van der Waals surface area contributed by atoms with E-state index < -0.39 is 10.1 Å². The van der Waals surface area contributed by atoms with Crippen LogP contribution in [0.3, 0.4) is 0 Å². The zero-order valence-electron chi connectivity index (χ0n) is 8.03. The van der Waals surface area contributed by atoms with Crippen molar-refractivity contribution in [2.45, 2.75) is 6.61 Å². The first-order valence-electron chi connectivity index (χ1n) is 4.02. The van der Waals surface area contributed by atoms with Crippen LogP contribution in [-0.2, 0) is 20.9 Å². The van der Waals surface area contributed by atoms with Crippen LogP contribution in [0.4, 0.5) is 0 Å². The van der Waals surface area contributed by atoms with Gasteiger partial charge in [-0.3, -0.25) is 4.18 Å². The molecule has 15 heavy (non-hydrogen) atoms. The van der Waals surface area contributed by atoms with Crippen molar-refractivity contribution in [3.63, 3.8) is 0 Å². The molecule has 0 spiro atoms. The third-order valence-electron chi connectivity index (χ3n) is 1.66. The zero-order valence-corrected chi connectivity index (χ0v) is 9.60. The van der Waals surface area contributed by atoms with Gasteiger partial charge < -0.3 is 0 Å². The standard InChI is InChI=1S/C10H9ClO3S/c1-3-8-6-10(11)5-4-9(8)7-14-15(2,12)13/h1,4-6H,7H2,2H3. The molecule has 0 fully saturated rings. The Morgan fingerprint density at radius 3 is 2.73 bits per heavy atom. The average molecular weight is 245 g/mol. The molecule has 0 heterocycles. The number of halogens is 1. The molecule has 0 amide bonds. The fraction of sp³-hybridized carbons (Fsp3) is 0.200. The molecule has 0 aromatic heterocycles. The lowest BCUT2D eigenvalue weighted by Gasteiger charge is -2.04. The Balaban J connectivity index is 2.92. The lowest BCUT2D eigenvalue weighted by Crippen LogP contribution is -2.03. The van der Waals surface area contributed by atoms with Crippen LogP contribution in [0.5, 0.6) is 0 Å². The highest BCUT2D eigenvalue weighted by Gasteiger charge is 2.06. The Hall–Kier alpha value is -1.02. The second kappa shape index (κ2) is 4.67. The van der Waals surface area contributed by atoms with Crippen LogP contribution >= 0.6 is 11.6 Å². The average Bonchev–Trinajstić information content (AvgIpc) is 2.14. The van der Waals surface area contributed by atoms with E-state index in [0.29, 0.717) is 16.1 Å². The molecule has 0 unspecified atom stereocenters. The van der Waals surface area contributed by atoms with Gasteiger partial charge in [0.2, 0.25) is 0 Å². The van der Waals surface area contributed by atoms with Crippen molar-refractivity contribution in [1.29, 1.82) is 0 Å². The van der Waals surface area contributed by atoms with E-state index in [4.69, 9.17) is 18.0 Å². The molecule has 0 bridgehead atoms. The maximum Gasteiger partial charge on any atom is 0.264 e. The summed E-state index contributed by atoms with van der Waals surface area (Å²) in [6.07, 6.45) is 6.23. The molecule has 0 aliphatic carbocycles. The van der Waals surface area contributed by atoms with Crippen molar-refractivity contribution in [1.82, 2.24) is 0 Å². The van der Waals surface area contributed by atoms with Gasteiger partial charge in [-0.2, -0.15) is 8.42 Å². The van der Waals surface area contributed by atoms with Crippen LogP contribution < -0.4 is 0 Å². The summed E-state index contributed by atoms with van der Waals surface area (Å²) in [5.74, 6) is 2.41. The Morgan fingerprint density at radius 2 is 2.20 bits per heavy atom. The summed E-state index contributed by atoms with van der Waals surface area (Å²) in [5.41, 5.74) is 1.15. The first-order chi connectivity index (χ1) is 6.92. The second-order valence-electron chi connectivity index (χ2n) is 2.91. The normalized spacial score (nSPS) is 11.0. The Kier molecular flexibility index (Phi) is 3.75. The maximum atomic E-state index is 10.8. The van der Waals surface area contributed by atoms with E-state index in [2.05, 4.69) is 10.1 Å². The van der Waals surface area contributed by atoms with Crippen molar-refractivity contribution in [2.75, 3.05) is 6.26 Å². The fourth-order valence-electron chi connectivity index (χ4n) is 0.979. The monoisotopic (exact) mass is 244 g/mol. The molecule has 0 saturated carbocycles.